The second-order valence-electron chi connectivity index (χ2n) is 20.0. The molecule has 0 aromatic heterocycles. The number of rotatable bonds is 53. The largest absolute Gasteiger partial charge is 0.394 e. The van der Waals surface area contributed by atoms with E-state index in [9.17, 15) is 25.2 Å². The summed E-state index contributed by atoms with van der Waals surface area (Å²) in [7, 11) is 0. The average molecular weight is 905 g/mol. The van der Waals surface area contributed by atoms with E-state index in [1.807, 2.05) is 0 Å². The average Bonchev–Trinajstić information content (AvgIpc) is 3.30. The number of hydrogen-bond donors (Lipinski definition) is 5. The first-order valence-corrected chi connectivity index (χ1v) is 28.7. The van der Waals surface area contributed by atoms with Crippen LogP contribution in [-0.4, -0.2) is 57.3 Å². The second-order valence-corrected chi connectivity index (χ2v) is 20.0. The highest BCUT2D eigenvalue weighted by Gasteiger charge is 2.28. The molecular weight excluding hydrogens is 791 g/mol. The van der Waals surface area contributed by atoms with Crippen LogP contribution in [0.15, 0.2) is 24.3 Å². The van der Waals surface area contributed by atoms with Crippen LogP contribution in [0.4, 0.5) is 0 Å². The molecule has 0 aromatic rings. The third kappa shape index (κ3) is 45.9. The Labute approximate surface area is 399 Å². The lowest BCUT2D eigenvalue weighted by molar-refractivity contribution is -0.132. The van der Waals surface area contributed by atoms with E-state index in [-0.39, 0.29) is 0 Å². The van der Waals surface area contributed by atoms with Crippen molar-refractivity contribution in [2.24, 2.45) is 0 Å². The maximum Gasteiger partial charge on any atom is 0.249 e. The van der Waals surface area contributed by atoms with E-state index >= 15 is 0 Å². The van der Waals surface area contributed by atoms with Crippen LogP contribution in [0.25, 0.3) is 0 Å². The van der Waals surface area contributed by atoms with Crippen molar-refractivity contribution >= 4 is 5.91 Å². The van der Waals surface area contributed by atoms with Crippen LogP contribution in [0.5, 0.6) is 0 Å². The van der Waals surface area contributed by atoms with Crippen molar-refractivity contribution in [3.63, 3.8) is 0 Å². The van der Waals surface area contributed by atoms with Crippen molar-refractivity contribution in [3.05, 3.63) is 24.3 Å². The molecule has 0 saturated heterocycles. The molecule has 0 aromatic carbocycles. The fraction of sp³-hybridized carbons (Fsp3) is 0.914. The normalized spacial score (nSPS) is 13.9. The van der Waals surface area contributed by atoms with Crippen molar-refractivity contribution in [2.75, 3.05) is 6.61 Å². The van der Waals surface area contributed by atoms with E-state index in [0.29, 0.717) is 19.3 Å². The van der Waals surface area contributed by atoms with E-state index in [4.69, 9.17) is 0 Å². The molecule has 0 aliphatic heterocycles. The summed E-state index contributed by atoms with van der Waals surface area (Å²) in [6, 6.07) is -1.00. The first-order valence-electron chi connectivity index (χ1n) is 28.7. The number of carbonyl (C=O) groups is 1. The third-order valence-electron chi connectivity index (χ3n) is 13.6. The molecule has 380 valence electrons. The molecule has 0 heterocycles. The van der Waals surface area contributed by atoms with E-state index in [1.54, 1.807) is 0 Å². The van der Waals surface area contributed by atoms with Gasteiger partial charge in [-0.2, -0.15) is 0 Å². The maximum absolute atomic E-state index is 12.5. The molecule has 4 atom stereocenters. The topological polar surface area (TPSA) is 110 Å². The summed E-state index contributed by atoms with van der Waals surface area (Å²) in [5, 5.41) is 43.7. The summed E-state index contributed by atoms with van der Waals surface area (Å²) in [5.74, 6) is -0.594. The quantitative estimate of drug-likeness (QED) is 0.0308. The fourth-order valence-electron chi connectivity index (χ4n) is 9.13. The molecule has 0 bridgehead atoms. The molecule has 0 saturated carbocycles. The minimum atomic E-state index is -1.29. The molecule has 64 heavy (non-hydrogen) atoms. The molecule has 5 N–H and O–H groups in total. The molecule has 1 amide bonds. The Morgan fingerprint density at radius 3 is 0.984 bits per heavy atom. The molecule has 4 unspecified atom stereocenters. The van der Waals surface area contributed by atoms with Crippen LogP contribution in [0, 0.1) is 0 Å². The Morgan fingerprint density at radius 1 is 0.375 bits per heavy atom. The zero-order chi connectivity index (χ0) is 46.7. The van der Waals surface area contributed by atoms with Crippen LogP contribution in [0.2, 0.25) is 0 Å². The molecule has 0 aliphatic rings. The predicted octanol–water partition coefficient (Wildman–Crippen LogP) is 16.6. The standard InChI is InChI=1S/C58H113NO5/c1-3-5-7-9-11-13-15-17-18-19-20-21-22-23-24-25-26-27-28-29-30-31-32-33-34-35-36-37-38-39-40-42-44-46-48-50-52-56(62)58(64)59-54(53-60)57(63)55(61)51-49-47-45-43-41-16-14-12-10-8-6-4-2/h12,14,43,45,54-57,60-63H,3-11,13,15-42,44,46-53H2,1-2H3,(H,59,64)/b14-12+,45-43+. The van der Waals surface area contributed by atoms with Crippen LogP contribution >= 0.6 is 0 Å². The first kappa shape index (κ1) is 62.8. The summed E-state index contributed by atoms with van der Waals surface area (Å²) in [6.07, 6.45) is 64.3. The molecule has 0 fully saturated rings. The molecule has 0 rings (SSSR count). The minimum absolute atomic E-state index is 0.364. The summed E-state index contributed by atoms with van der Waals surface area (Å²) in [4.78, 5) is 12.5. The van der Waals surface area contributed by atoms with Crippen molar-refractivity contribution in [1.29, 1.82) is 0 Å². The monoisotopic (exact) mass is 904 g/mol. The van der Waals surface area contributed by atoms with Gasteiger partial charge in [0.05, 0.1) is 18.8 Å². The van der Waals surface area contributed by atoms with Crippen molar-refractivity contribution in [1.82, 2.24) is 5.32 Å². The Balaban J connectivity index is 3.49. The van der Waals surface area contributed by atoms with Gasteiger partial charge in [0, 0.05) is 0 Å². The smallest absolute Gasteiger partial charge is 0.249 e. The fourth-order valence-corrected chi connectivity index (χ4v) is 9.13. The van der Waals surface area contributed by atoms with Crippen molar-refractivity contribution in [3.8, 4) is 0 Å². The van der Waals surface area contributed by atoms with Gasteiger partial charge in [-0.05, 0) is 51.4 Å². The summed E-state index contributed by atoms with van der Waals surface area (Å²) in [5.41, 5.74) is 0. The molecule has 0 spiro atoms. The number of unbranched alkanes of at least 4 members (excludes halogenated alkanes) is 40. The highest BCUT2D eigenvalue weighted by molar-refractivity contribution is 5.80. The van der Waals surface area contributed by atoms with Gasteiger partial charge in [-0.25, -0.2) is 0 Å². The van der Waals surface area contributed by atoms with Gasteiger partial charge in [0.15, 0.2) is 0 Å². The molecular formula is C58H113NO5. The van der Waals surface area contributed by atoms with E-state index in [2.05, 4.69) is 43.5 Å². The van der Waals surface area contributed by atoms with Crippen LogP contribution in [0.3, 0.4) is 0 Å². The maximum atomic E-state index is 12.5. The Kier molecular flexibility index (Phi) is 51.8. The lowest BCUT2D eigenvalue weighted by Crippen LogP contribution is -2.53. The Morgan fingerprint density at radius 2 is 0.656 bits per heavy atom. The van der Waals surface area contributed by atoms with Crippen LogP contribution < -0.4 is 5.32 Å². The second kappa shape index (κ2) is 52.8. The summed E-state index contributed by atoms with van der Waals surface area (Å²) in [6.45, 7) is 4.02. The minimum Gasteiger partial charge on any atom is -0.394 e. The molecule has 0 radical (unpaired) electrons. The van der Waals surface area contributed by atoms with Gasteiger partial charge < -0.3 is 25.7 Å². The number of nitrogens with one attached hydrogen (secondary N) is 1. The highest BCUT2D eigenvalue weighted by Crippen LogP contribution is 2.18. The number of carbonyl (C=O) groups excluding carboxylic acids is 1. The number of amides is 1. The predicted molar refractivity (Wildman–Crippen MR) is 279 cm³/mol. The van der Waals surface area contributed by atoms with Crippen LogP contribution in [0.1, 0.15) is 309 Å². The number of aliphatic hydroxyl groups is 4. The van der Waals surface area contributed by atoms with Crippen LogP contribution in [-0.2, 0) is 4.79 Å². The van der Waals surface area contributed by atoms with Crippen molar-refractivity contribution < 1.29 is 25.2 Å². The Hall–Kier alpha value is -1.21. The van der Waals surface area contributed by atoms with E-state index in [1.165, 1.54) is 231 Å². The van der Waals surface area contributed by atoms with Gasteiger partial charge in [-0.1, -0.05) is 282 Å². The molecule has 6 nitrogen and oxygen atoms in total. The zero-order valence-corrected chi connectivity index (χ0v) is 43.0. The number of allylic oxidation sites excluding steroid dienone is 4. The first-order chi connectivity index (χ1) is 31.5. The summed E-state index contributed by atoms with van der Waals surface area (Å²) >= 11 is 0. The lowest BCUT2D eigenvalue weighted by Gasteiger charge is -2.27. The van der Waals surface area contributed by atoms with Gasteiger partial charge in [0.1, 0.15) is 12.2 Å². The van der Waals surface area contributed by atoms with Crippen molar-refractivity contribution in [2.45, 2.75) is 334 Å². The third-order valence-corrected chi connectivity index (χ3v) is 13.6. The Bertz CT molecular complexity index is 970. The van der Waals surface area contributed by atoms with Gasteiger partial charge in [-0.3, -0.25) is 4.79 Å². The van der Waals surface area contributed by atoms with Gasteiger partial charge >= 0.3 is 0 Å². The highest BCUT2D eigenvalue weighted by atomic mass is 16.3. The number of aliphatic hydroxyl groups excluding tert-OH is 4. The summed E-state index contributed by atoms with van der Waals surface area (Å²) < 4.78 is 0. The molecule has 0 aliphatic carbocycles. The van der Waals surface area contributed by atoms with Gasteiger partial charge in [0.2, 0.25) is 5.91 Å². The number of hydrogen-bond acceptors (Lipinski definition) is 5. The van der Waals surface area contributed by atoms with Gasteiger partial charge in [-0.15, -0.1) is 0 Å². The SMILES string of the molecule is CCCCC/C=C/CC/C=C/CCCC(O)C(O)C(CO)NC(=O)C(O)CCCCCCCCCCCCCCCCCCCCCCCCCCCCCCCCCCCCCC. The zero-order valence-electron chi connectivity index (χ0n) is 43.0. The van der Waals surface area contributed by atoms with E-state index < -0.39 is 36.9 Å². The van der Waals surface area contributed by atoms with Gasteiger partial charge in [0.25, 0.3) is 0 Å². The molecule has 6 heteroatoms. The van der Waals surface area contributed by atoms with E-state index in [0.717, 1.165) is 44.9 Å². The lowest BCUT2D eigenvalue weighted by atomic mass is 10.00.